The van der Waals surface area contributed by atoms with Crippen LogP contribution in [0.15, 0.2) is 97.1 Å². The van der Waals surface area contributed by atoms with Crippen molar-refractivity contribution in [1.82, 2.24) is 0 Å². The Morgan fingerprint density at radius 2 is 0.932 bits per heavy atom. The number of ether oxygens (including phenoxy) is 2. The molecule has 4 aromatic carbocycles. The Balaban J connectivity index is 0.000000240. The average Bonchev–Trinajstić information content (AvgIpc) is 2.99. The summed E-state index contributed by atoms with van der Waals surface area (Å²) in [4.78, 5) is 0. The van der Waals surface area contributed by atoms with Gasteiger partial charge >= 0.3 is 12.4 Å². The van der Waals surface area contributed by atoms with E-state index >= 15 is 0 Å². The van der Waals surface area contributed by atoms with Crippen molar-refractivity contribution in [3.8, 4) is 12.1 Å². The topological polar surface area (TPSA) is 66.0 Å². The molecular weight excluding hydrogens is 582 g/mol. The van der Waals surface area contributed by atoms with Crippen LogP contribution in [0.25, 0.3) is 0 Å². The Bertz CT molecular complexity index is 1570. The summed E-state index contributed by atoms with van der Waals surface area (Å²) in [7, 11) is 0. The summed E-state index contributed by atoms with van der Waals surface area (Å²) >= 11 is 0. The number of halogens is 6. The first-order chi connectivity index (χ1) is 21.0. The minimum Gasteiger partial charge on any atom is -0.372 e. The Morgan fingerprint density at radius 3 is 1.39 bits per heavy atom. The molecule has 0 aliphatic rings. The maximum absolute atomic E-state index is 12.6. The average molecular weight is 611 g/mol. The van der Waals surface area contributed by atoms with Crippen LogP contribution in [0.5, 0.6) is 0 Å². The van der Waals surface area contributed by atoms with Crippen molar-refractivity contribution < 1.29 is 35.8 Å². The van der Waals surface area contributed by atoms with E-state index in [2.05, 4.69) is 12.1 Å². The zero-order valence-corrected chi connectivity index (χ0v) is 23.5. The van der Waals surface area contributed by atoms with Crippen LogP contribution in [-0.4, -0.2) is 0 Å². The lowest BCUT2D eigenvalue weighted by molar-refractivity contribution is -0.138. The lowest BCUT2D eigenvalue weighted by Crippen LogP contribution is -2.05. The molecule has 0 N–H and O–H groups in total. The smallest absolute Gasteiger partial charge is 0.372 e. The molecule has 0 fully saturated rings. The molecule has 0 amide bonds. The molecule has 44 heavy (non-hydrogen) atoms. The zero-order chi connectivity index (χ0) is 32.0. The SMILES string of the molecule is N#CCc1ccccc1COCc1ccc(C(F)(F)F)cc1.N#CCc1ccccc1COCc1cccc(C(F)(F)F)c1. The number of hydrogen-bond acceptors (Lipinski definition) is 4. The van der Waals surface area contributed by atoms with Crippen molar-refractivity contribution in [3.05, 3.63) is 142 Å². The third-order valence-corrected chi connectivity index (χ3v) is 6.36. The maximum atomic E-state index is 12.6. The highest BCUT2D eigenvalue weighted by atomic mass is 19.4. The first-order valence-electron chi connectivity index (χ1n) is 13.4. The van der Waals surface area contributed by atoms with Gasteiger partial charge in [-0.3, -0.25) is 0 Å². The predicted molar refractivity (Wildman–Crippen MR) is 151 cm³/mol. The molecule has 4 aromatic rings. The van der Waals surface area contributed by atoms with Gasteiger partial charge in [-0.05, 0) is 57.6 Å². The Labute approximate surface area is 251 Å². The van der Waals surface area contributed by atoms with Crippen molar-refractivity contribution in [1.29, 1.82) is 10.5 Å². The number of benzene rings is 4. The van der Waals surface area contributed by atoms with Gasteiger partial charge in [-0.2, -0.15) is 36.9 Å². The van der Waals surface area contributed by atoms with E-state index in [-0.39, 0.29) is 26.2 Å². The zero-order valence-electron chi connectivity index (χ0n) is 23.5. The van der Waals surface area contributed by atoms with Crippen LogP contribution in [-0.2, 0) is 61.1 Å². The molecule has 0 radical (unpaired) electrons. The second-order valence-electron chi connectivity index (χ2n) is 9.59. The highest BCUT2D eigenvalue weighted by Crippen LogP contribution is 2.30. The van der Waals surface area contributed by atoms with Gasteiger partial charge in [0.05, 0.1) is 62.5 Å². The van der Waals surface area contributed by atoms with Gasteiger partial charge in [0, 0.05) is 0 Å². The first-order valence-corrected chi connectivity index (χ1v) is 13.4. The van der Waals surface area contributed by atoms with Crippen LogP contribution in [0.3, 0.4) is 0 Å². The highest BCUT2D eigenvalue weighted by Gasteiger charge is 2.30. The molecule has 228 valence electrons. The normalized spacial score (nSPS) is 11.2. The summed E-state index contributed by atoms with van der Waals surface area (Å²) in [5.41, 5.74) is 3.34. The van der Waals surface area contributed by atoms with Gasteiger partial charge in [-0.1, -0.05) is 72.8 Å². The van der Waals surface area contributed by atoms with E-state index in [9.17, 15) is 26.3 Å². The van der Waals surface area contributed by atoms with Crippen LogP contribution in [0.1, 0.15) is 44.5 Å². The molecule has 0 bridgehead atoms. The molecule has 4 rings (SSSR count). The third kappa shape index (κ3) is 10.9. The molecule has 0 saturated carbocycles. The fourth-order valence-electron chi connectivity index (χ4n) is 4.10. The molecule has 0 atom stereocenters. The standard InChI is InChI=1S/2C17H14F3NO/c18-17(19,20)16-7-3-4-13(10-16)11-22-12-15-6-2-1-5-14(15)8-9-21;18-17(19,20)16-7-5-13(6-8-16)11-22-12-15-4-2-1-3-14(15)9-10-21/h1-7,10H,8,11-12H2;1-8H,9,11-12H2. The van der Waals surface area contributed by atoms with Crippen molar-refractivity contribution in [3.63, 3.8) is 0 Å². The first kappa shape index (κ1) is 33.9. The second kappa shape index (κ2) is 16.3. The fraction of sp³-hybridized carbons (Fsp3) is 0.235. The molecule has 4 nitrogen and oxygen atoms in total. The van der Waals surface area contributed by atoms with E-state index in [0.29, 0.717) is 24.2 Å². The van der Waals surface area contributed by atoms with Crippen LogP contribution >= 0.6 is 0 Å². The molecular formula is C34H28F6N2O2. The van der Waals surface area contributed by atoms with Crippen LogP contribution < -0.4 is 0 Å². The minimum absolute atomic E-state index is 0.0881. The van der Waals surface area contributed by atoms with E-state index in [1.54, 1.807) is 6.07 Å². The van der Waals surface area contributed by atoms with Gasteiger partial charge in [0.25, 0.3) is 0 Å². The van der Waals surface area contributed by atoms with Crippen molar-refractivity contribution >= 4 is 0 Å². The number of nitrogens with zero attached hydrogens (tertiary/aromatic N) is 2. The molecule has 0 aromatic heterocycles. The van der Waals surface area contributed by atoms with E-state index in [1.165, 1.54) is 18.2 Å². The molecule has 10 heteroatoms. The van der Waals surface area contributed by atoms with Crippen LogP contribution in [0.2, 0.25) is 0 Å². The summed E-state index contributed by atoms with van der Waals surface area (Å²) in [6, 6.07) is 29.0. The molecule has 0 saturated heterocycles. The summed E-state index contributed by atoms with van der Waals surface area (Å²) in [5, 5.41) is 17.5. The predicted octanol–water partition coefficient (Wildman–Crippen LogP) is 8.98. The van der Waals surface area contributed by atoms with Crippen molar-refractivity contribution in [2.45, 2.75) is 51.6 Å². The fourth-order valence-corrected chi connectivity index (χ4v) is 4.10. The van der Waals surface area contributed by atoms with Crippen molar-refractivity contribution in [2.24, 2.45) is 0 Å². The van der Waals surface area contributed by atoms with E-state index in [4.69, 9.17) is 20.0 Å². The molecule has 0 heterocycles. The van der Waals surface area contributed by atoms with Gasteiger partial charge in [-0.25, -0.2) is 0 Å². The van der Waals surface area contributed by atoms with Gasteiger partial charge in [0.2, 0.25) is 0 Å². The van der Waals surface area contributed by atoms with Gasteiger partial charge in [-0.15, -0.1) is 0 Å². The molecule has 0 unspecified atom stereocenters. The van der Waals surface area contributed by atoms with Crippen LogP contribution in [0.4, 0.5) is 26.3 Å². The summed E-state index contributed by atoms with van der Waals surface area (Å²) < 4.78 is 86.2. The Morgan fingerprint density at radius 1 is 0.477 bits per heavy atom. The summed E-state index contributed by atoms with van der Waals surface area (Å²) in [5.74, 6) is 0. The monoisotopic (exact) mass is 610 g/mol. The number of rotatable bonds is 10. The van der Waals surface area contributed by atoms with Gasteiger partial charge in [0.15, 0.2) is 0 Å². The Hall–Kier alpha value is -4.64. The van der Waals surface area contributed by atoms with Gasteiger partial charge < -0.3 is 9.47 Å². The lowest BCUT2D eigenvalue weighted by atomic mass is 10.1. The van der Waals surface area contributed by atoms with E-state index in [1.807, 2.05) is 48.5 Å². The lowest BCUT2D eigenvalue weighted by Gasteiger charge is -2.10. The molecule has 0 aliphatic carbocycles. The Kier molecular flexibility index (Phi) is 12.5. The van der Waals surface area contributed by atoms with Gasteiger partial charge in [0.1, 0.15) is 0 Å². The number of hydrogen-bond donors (Lipinski definition) is 0. The van der Waals surface area contributed by atoms with Crippen molar-refractivity contribution in [2.75, 3.05) is 0 Å². The number of nitriles is 2. The summed E-state index contributed by atoms with van der Waals surface area (Å²) in [6.45, 7) is 0.886. The van der Waals surface area contributed by atoms with Crippen LogP contribution in [0, 0.1) is 22.7 Å². The van der Waals surface area contributed by atoms with E-state index in [0.717, 1.165) is 46.5 Å². The summed E-state index contributed by atoms with van der Waals surface area (Å²) in [6.07, 6.45) is -8.09. The molecule has 0 spiro atoms. The second-order valence-corrected chi connectivity index (χ2v) is 9.59. The highest BCUT2D eigenvalue weighted by molar-refractivity contribution is 5.30. The van der Waals surface area contributed by atoms with E-state index < -0.39 is 23.5 Å². The quantitative estimate of drug-likeness (QED) is 0.168. The third-order valence-electron chi connectivity index (χ3n) is 6.36. The number of alkyl halides is 6. The molecule has 0 aliphatic heterocycles. The largest absolute Gasteiger partial charge is 0.416 e. The minimum atomic E-state index is -4.35. The maximum Gasteiger partial charge on any atom is 0.416 e.